The second-order valence-corrected chi connectivity index (χ2v) is 5.43. The van der Waals surface area contributed by atoms with E-state index in [1.54, 1.807) is 24.8 Å². The molecule has 4 aromatic rings. The molecule has 1 atom stereocenters. The van der Waals surface area contributed by atoms with Crippen molar-refractivity contribution in [3.63, 3.8) is 0 Å². The number of benzene rings is 1. The van der Waals surface area contributed by atoms with Gasteiger partial charge in [0.1, 0.15) is 5.82 Å². The zero-order chi connectivity index (χ0) is 16.4. The van der Waals surface area contributed by atoms with Crippen molar-refractivity contribution >= 4 is 17.4 Å². The Morgan fingerprint density at radius 1 is 0.917 bits per heavy atom. The molecule has 0 fully saturated rings. The standard InChI is InChI=1S/C18H16N6/c1-14(15-6-3-2-4-7-15)24(18-20-8-5-9-21-18)17-13-22-16-12-19-10-11-23(16)17/h2-14H,1H3/t14-/m0/s1. The van der Waals surface area contributed by atoms with Gasteiger partial charge in [0, 0.05) is 24.8 Å². The summed E-state index contributed by atoms with van der Waals surface area (Å²) in [5.74, 6) is 1.53. The summed E-state index contributed by atoms with van der Waals surface area (Å²) in [5.41, 5.74) is 1.96. The summed E-state index contributed by atoms with van der Waals surface area (Å²) in [6.07, 6.45) is 10.7. The van der Waals surface area contributed by atoms with E-state index in [1.807, 2.05) is 41.1 Å². The highest BCUT2D eigenvalue weighted by Gasteiger charge is 2.23. The molecule has 0 bridgehead atoms. The van der Waals surface area contributed by atoms with Gasteiger partial charge < -0.3 is 0 Å². The van der Waals surface area contributed by atoms with Crippen molar-refractivity contribution in [2.24, 2.45) is 0 Å². The molecule has 24 heavy (non-hydrogen) atoms. The van der Waals surface area contributed by atoms with Crippen LogP contribution in [0, 0.1) is 0 Å². The third-order valence-corrected chi connectivity index (χ3v) is 3.98. The Morgan fingerprint density at radius 2 is 1.71 bits per heavy atom. The average molecular weight is 316 g/mol. The predicted molar refractivity (Wildman–Crippen MR) is 92.0 cm³/mol. The van der Waals surface area contributed by atoms with E-state index in [-0.39, 0.29) is 6.04 Å². The summed E-state index contributed by atoms with van der Waals surface area (Å²) in [4.78, 5) is 19.5. The molecule has 0 aliphatic heterocycles. The number of aromatic nitrogens is 5. The minimum absolute atomic E-state index is 0.0432. The van der Waals surface area contributed by atoms with Gasteiger partial charge in [0.05, 0.1) is 18.4 Å². The quantitative estimate of drug-likeness (QED) is 0.577. The lowest BCUT2D eigenvalue weighted by Gasteiger charge is -2.28. The molecule has 118 valence electrons. The Bertz CT molecular complexity index is 935. The third-order valence-electron chi connectivity index (χ3n) is 3.98. The van der Waals surface area contributed by atoms with Crippen LogP contribution in [0.25, 0.3) is 5.65 Å². The van der Waals surface area contributed by atoms with Crippen LogP contribution in [0.5, 0.6) is 0 Å². The van der Waals surface area contributed by atoms with Gasteiger partial charge in [-0.05, 0) is 18.6 Å². The average Bonchev–Trinajstić information content (AvgIpc) is 3.07. The molecule has 0 aliphatic rings. The fraction of sp³-hybridized carbons (Fsp3) is 0.111. The molecule has 0 amide bonds. The summed E-state index contributed by atoms with van der Waals surface area (Å²) in [5, 5.41) is 0. The van der Waals surface area contributed by atoms with E-state index < -0.39 is 0 Å². The lowest BCUT2D eigenvalue weighted by molar-refractivity contribution is 0.734. The van der Waals surface area contributed by atoms with Gasteiger partial charge >= 0.3 is 0 Å². The molecule has 3 heterocycles. The lowest BCUT2D eigenvalue weighted by Crippen LogP contribution is -2.24. The maximum absolute atomic E-state index is 4.45. The summed E-state index contributed by atoms with van der Waals surface area (Å²) >= 11 is 0. The molecule has 0 unspecified atom stereocenters. The molecule has 4 rings (SSSR count). The highest BCUT2D eigenvalue weighted by atomic mass is 15.3. The Hall–Kier alpha value is -3.28. The minimum Gasteiger partial charge on any atom is -0.287 e. The molecular formula is C18H16N6. The van der Waals surface area contributed by atoms with Gasteiger partial charge in [-0.25, -0.2) is 15.0 Å². The molecule has 0 radical (unpaired) electrons. The molecule has 6 heteroatoms. The third kappa shape index (κ3) is 2.48. The first-order valence-electron chi connectivity index (χ1n) is 7.73. The number of hydrogen-bond acceptors (Lipinski definition) is 5. The van der Waals surface area contributed by atoms with Crippen molar-refractivity contribution in [3.8, 4) is 0 Å². The van der Waals surface area contributed by atoms with Gasteiger partial charge in [-0.3, -0.25) is 14.3 Å². The highest BCUT2D eigenvalue weighted by Crippen LogP contribution is 2.32. The van der Waals surface area contributed by atoms with E-state index in [9.17, 15) is 0 Å². The molecule has 1 aromatic carbocycles. The highest BCUT2D eigenvalue weighted by molar-refractivity contribution is 5.59. The van der Waals surface area contributed by atoms with Crippen LogP contribution in [-0.2, 0) is 0 Å². The normalized spacial score (nSPS) is 12.2. The van der Waals surface area contributed by atoms with E-state index >= 15 is 0 Å². The summed E-state index contributed by atoms with van der Waals surface area (Å²) < 4.78 is 1.99. The molecule has 6 nitrogen and oxygen atoms in total. The second-order valence-electron chi connectivity index (χ2n) is 5.43. The first-order valence-corrected chi connectivity index (χ1v) is 7.73. The van der Waals surface area contributed by atoms with Crippen molar-refractivity contribution < 1.29 is 0 Å². The van der Waals surface area contributed by atoms with E-state index in [0.29, 0.717) is 5.95 Å². The molecule has 0 saturated heterocycles. The Balaban J connectivity index is 1.88. The summed E-state index contributed by atoms with van der Waals surface area (Å²) in [6, 6.07) is 12.1. The van der Waals surface area contributed by atoms with Crippen molar-refractivity contribution in [1.29, 1.82) is 0 Å². The largest absolute Gasteiger partial charge is 0.287 e. The number of nitrogens with zero attached hydrogens (tertiary/aromatic N) is 6. The summed E-state index contributed by atoms with van der Waals surface area (Å²) in [7, 11) is 0. The molecule has 3 aromatic heterocycles. The monoisotopic (exact) mass is 316 g/mol. The van der Waals surface area contributed by atoms with Crippen LogP contribution < -0.4 is 4.90 Å². The van der Waals surface area contributed by atoms with Crippen LogP contribution in [0.15, 0.2) is 73.6 Å². The molecule has 0 saturated carbocycles. The number of anilines is 2. The van der Waals surface area contributed by atoms with E-state index in [0.717, 1.165) is 11.5 Å². The van der Waals surface area contributed by atoms with E-state index in [2.05, 4.69) is 43.9 Å². The molecule has 0 spiro atoms. The summed E-state index contributed by atoms with van der Waals surface area (Å²) in [6.45, 7) is 2.13. The van der Waals surface area contributed by atoms with Crippen molar-refractivity contribution in [1.82, 2.24) is 24.3 Å². The maximum Gasteiger partial charge on any atom is 0.231 e. The van der Waals surface area contributed by atoms with Gasteiger partial charge in [-0.15, -0.1) is 0 Å². The van der Waals surface area contributed by atoms with Gasteiger partial charge in [0.15, 0.2) is 5.65 Å². The topological polar surface area (TPSA) is 59.2 Å². The second kappa shape index (κ2) is 6.08. The predicted octanol–water partition coefficient (Wildman–Crippen LogP) is 3.42. The van der Waals surface area contributed by atoms with Gasteiger partial charge in [0.25, 0.3) is 0 Å². The van der Waals surface area contributed by atoms with Crippen LogP contribution in [0.2, 0.25) is 0 Å². The van der Waals surface area contributed by atoms with Crippen LogP contribution in [0.3, 0.4) is 0 Å². The first-order chi connectivity index (χ1) is 11.8. The molecule has 0 N–H and O–H groups in total. The number of hydrogen-bond donors (Lipinski definition) is 0. The van der Waals surface area contributed by atoms with Crippen LogP contribution in [0.4, 0.5) is 11.8 Å². The maximum atomic E-state index is 4.45. The first kappa shape index (κ1) is 14.3. The number of fused-ring (bicyclic) bond motifs is 1. The van der Waals surface area contributed by atoms with E-state index in [1.165, 1.54) is 5.56 Å². The number of imidazole rings is 1. The van der Waals surface area contributed by atoms with Gasteiger partial charge in [0.2, 0.25) is 5.95 Å². The van der Waals surface area contributed by atoms with Crippen LogP contribution in [-0.4, -0.2) is 24.3 Å². The Morgan fingerprint density at radius 3 is 2.50 bits per heavy atom. The zero-order valence-electron chi connectivity index (χ0n) is 13.2. The fourth-order valence-corrected chi connectivity index (χ4v) is 2.78. The van der Waals surface area contributed by atoms with Gasteiger partial charge in [-0.1, -0.05) is 30.3 Å². The lowest BCUT2D eigenvalue weighted by atomic mass is 10.1. The minimum atomic E-state index is 0.0432. The Kier molecular flexibility index (Phi) is 3.63. The van der Waals surface area contributed by atoms with Crippen LogP contribution in [0.1, 0.15) is 18.5 Å². The van der Waals surface area contributed by atoms with Crippen molar-refractivity contribution in [2.45, 2.75) is 13.0 Å². The zero-order valence-corrected chi connectivity index (χ0v) is 13.2. The molecule has 0 aliphatic carbocycles. The van der Waals surface area contributed by atoms with Crippen molar-refractivity contribution in [2.75, 3.05) is 4.90 Å². The van der Waals surface area contributed by atoms with Crippen LogP contribution >= 0.6 is 0 Å². The Labute approximate surface area is 139 Å². The van der Waals surface area contributed by atoms with Gasteiger partial charge in [-0.2, -0.15) is 0 Å². The SMILES string of the molecule is C[C@@H](c1ccccc1)N(c1ncccn1)c1cnc2cnccn12. The smallest absolute Gasteiger partial charge is 0.231 e. The van der Waals surface area contributed by atoms with Crippen molar-refractivity contribution in [3.05, 3.63) is 79.1 Å². The molecular weight excluding hydrogens is 300 g/mol. The van der Waals surface area contributed by atoms with E-state index in [4.69, 9.17) is 0 Å². The number of rotatable bonds is 4. The fourth-order valence-electron chi connectivity index (χ4n) is 2.78.